The average molecular weight is 207 g/mol. The molecule has 3 heteroatoms. The summed E-state index contributed by atoms with van der Waals surface area (Å²) in [5.74, 6) is 0.938. The van der Waals surface area contributed by atoms with Gasteiger partial charge < -0.3 is 10.5 Å². The molecule has 1 rings (SSSR count). The summed E-state index contributed by atoms with van der Waals surface area (Å²) in [5.41, 5.74) is 6.82. The number of carbonyl (C=O) groups is 1. The molecule has 1 aromatic rings. The van der Waals surface area contributed by atoms with Gasteiger partial charge in [0.05, 0.1) is 6.61 Å². The minimum absolute atomic E-state index is 0.108. The third-order valence-corrected chi connectivity index (χ3v) is 2.13. The van der Waals surface area contributed by atoms with Crippen LogP contribution in [0.2, 0.25) is 0 Å². The number of nitrogens with two attached hydrogens (primary N) is 1. The third-order valence-electron chi connectivity index (χ3n) is 2.13. The molecule has 0 aliphatic heterocycles. The Morgan fingerprint density at radius 3 is 2.47 bits per heavy atom. The standard InChI is InChI=1S/C12H17NO2/c1-3-15-11-6-4-10(5-7-11)12(13)8-9(2)14/h4-7,12H,3,8,13H2,1-2H3. The molecule has 0 saturated heterocycles. The minimum atomic E-state index is -0.210. The molecular formula is C12H17NO2. The van der Waals surface area contributed by atoms with Gasteiger partial charge >= 0.3 is 0 Å². The first kappa shape index (κ1) is 11.7. The van der Waals surface area contributed by atoms with Gasteiger partial charge in [0.2, 0.25) is 0 Å². The molecule has 1 atom stereocenters. The molecule has 2 N–H and O–H groups in total. The van der Waals surface area contributed by atoms with Crippen molar-refractivity contribution in [1.82, 2.24) is 0 Å². The summed E-state index contributed by atoms with van der Waals surface area (Å²) in [6.07, 6.45) is 0.383. The van der Waals surface area contributed by atoms with Gasteiger partial charge in [0, 0.05) is 12.5 Å². The Bertz CT molecular complexity index is 319. The molecule has 3 nitrogen and oxygen atoms in total. The van der Waals surface area contributed by atoms with Crippen LogP contribution < -0.4 is 10.5 Å². The van der Waals surface area contributed by atoms with Crippen LogP contribution in [0.25, 0.3) is 0 Å². The van der Waals surface area contributed by atoms with Crippen LogP contribution in [-0.2, 0) is 4.79 Å². The van der Waals surface area contributed by atoms with Gasteiger partial charge in [-0.25, -0.2) is 0 Å². The Balaban J connectivity index is 2.66. The average Bonchev–Trinajstić information content (AvgIpc) is 2.18. The highest BCUT2D eigenvalue weighted by atomic mass is 16.5. The number of rotatable bonds is 5. The van der Waals surface area contributed by atoms with Gasteiger partial charge in [0.25, 0.3) is 0 Å². The van der Waals surface area contributed by atoms with Crippen LogP contribution in [0, 0.1) is 0 Å². The van der Waals surface area contributed by atoms with Crippen LogP contribution in [0.4, 0.5) is 0 Å². The second kappa shape index (κ2) is 5.51. The number of Topliss-reactive ketones (excluding diaryl/α,β-unsaturated/α-hetero) is 1. The molecule has 0 saturated carbocycles. The molecule has 1 aromatic carbocycles. The van der Waals surface area contributed by atoms with Crippen LogP contribution in [0.3, 0.4) is 0 Å². The molecule has 0 fully saturated rings. The molecule has 0 aromatic heterocycles. The van der Waals surface area contributed by atoms with E-state index in [-0.39, 0.29) is 11.8 Å². The van der Waals surface area contributed by atoms with E-state index in [1.54, 1.807) is 6.92 Å². The van der Waals surface area contributed by atoms with Gasteiger partial charge in [0.1, 0.15) is 11.5 Å². The lowest BCUT2D eigenvalue weighted by molar-refractivity contribution is -0.117. The van der Waals surface area contributed by atoms with Crippen LogP contribution >= 0.6 is 0 Å². The molecule has 15 heavy (non-hydrogen) atoms. The molecule has 0 bridgehead atoms. The van der Waals surface area contributed by atoms with Gasteiger partial charge in [-0.3, -0.25) is 4.79 Å². The van der Waals surface area contributed by atoms with Crippen molar-refractivity contribution < 1.29 is 9.53 Å². The summed E-state index contributed by atoms with van der Waals surface area (Å²) in [5, 5.41) is 0. The van der Waals surface area contributed by atoms with Crippen molar-refractivity contribution in [2.75, 3.05) is 6.61 Å². The molecule has 0 aliphatic rings. The summed E-state index contributed by atoms with van der Waals surface area (Å²) in [6.45, 7) is 4.14. The van der Waals surface area contributed by atoms with E-state index in [0.717, 1.165) is 11.3 Å². The predicted molar refractivity (Wildman–Crippen MR) is 59.8 cm³/mol. The summed E-state index contributed by atoms with van der Waals surface area (Å²) in [6, 6.07) is 7.34. The maximum Gasteiger partial charge on any atom is 0.131 e. The fourth-order valence-corrected chi connectivity index (χ4v) is 1.41. The van der Waals surface area contributed by atoms with Crippen molar-refractivity contribution in [2.45, 2.75) is 26.3 Å². The van der Waals surface area contributed by atoms with Crippen molar-refractivity contribution in [3.8, 4) is 5.75 Å². The first-order chi connectivity index (χ1) is 7.13. The molecule has 1 unspecified atom stereocenters. The number of hydrogen-bond acceptors (Lipinski definition) is 3. The second-order valence-corrected chi connectivity index (χ2v) is 3.51. The van der Waals surface area contributed by atoms with E-state index in [4.69, 9.17) is 10.5 Å². The summed E-state index contributed by atoms with van der Waals surface area (Å²) < 4.78 is 5.31. The third kappa shape index (κ3) is 3.72. The van der Waals surface area contributed by atoms with E-state index in [1.807, 2.05) is 31.2 Å². The monoisotopic (exact) mass is 207 g/mol. The van der Waals surface area contributed by atoms with Crippen molar-refractivity contribution in [3.05, 3.63) is 29.8 Å². The fraction of sp³-hybridized carbons (Fsp3) is 0.417. The normalized spacial score (nSPS) is 12.2. The van der Waals surface area contributed by atoms with E-state index < -0.39 is 0 Å². The summed E-state index contributed by atoms with van der Waals surface area (Å²) in [7, 11) is 0. The molecule has 0 heterocycles. The number of hydrogen-bond donors (Lipinski definition) is 1. The molecular weight excluding hydrogens is 190 g/mol. The Morgan fingerprint density at radius 1 is 1.40 bits per heavy atom. The Morgan fingerprint density at radius 2 is 2.00 bits per heavy atom. The van der Waals surface area contributed by atoms with E-state index >= 15 is 0 Å². The SMILES string of the molecule is CCOc1ccc(C(N)CC(C)=O)cc1. The molecule has 0 aliphatic carbocycles. The lowest BCUT2D eigenvalue weighted by Gasteiger charge is -2.10. The molecule has 0 radical (unpaired) electrons. The maximum absolute atomic E-state index is 10.9. The van der Waals surface area contributed by atoms with Crippen LogP contribution in [0.15, 0.2) is 24.3 Å². The van der Waals surface area contributed by atoms with Crippen molar-refractivity contribution in [2.24, 2.45) is 5.73 Å². The Kier molecular flexibility index (Phi) is 4.31. The largest absolute Gasteiger partial charge is 0.494 e. The van der Waals surface area contributed by atoms with E-state index in [9.17, 15) is 4.79 Å². The minimum Gasteiger partial charge on any atom is -0.494 e. The van der Waals surface area contributed by atoms with Crippen molar-refractivity contribution in [3.63, 3.8) is 0 Å². The molecule has 0 spiro atoms. The topological polar surface area (TPSA) is 52.3 Å². The zero-order chi connectivity index (χ0) is 11.3. The number of benzene rings is 1. The first-order valence-corrected chi connectivity index (χ1v) is 5.11. The zero-order valence-electron chi connectivity index (χ0n) is 9.19. The maximum atomic E-state index is 10.9. The molecule has 82 valence electrons. The van der Waals surface area contributed by atoms with Gasteiger partial charge in [-0.1, -0.05) is 12.1 Å². The van der Waals surface area contributed by atoms with E-state index in [1.165, 1.54) is 0 Å². The van der Waals surface area contributed by atoms with Crippen LogP contribution in [0.5, 0.6) is 5.75 Å². The van der Waals surface area contributed by atoms with E-state index in [0.29, 0.717) is 13.0 Å². The number of carbonyl (C=O) groups excluding carboxylic acids is 1. The zero-order valence-corrected chi connectivity index (χ0v) is 9.19. The number of ether oxygens (including phenoxy) is 1. The summed E-state index contributed by atoms with van der Waals surface area (Å²) in [4.78, 5) is 10.9. The van der Waals surface area contributed by atoms with E-state index in [2.05, 4.69) is 0 Å². The predicted octanol–water partition coefficient (Wildman–Crippen LogP) is 2.06. The Hall–Kier alpha value is -1.35. The lowest BCUT2D eigenvalue weighted by atomic mass is 10.0. The highest BCUT2D eigenvalue weighted by molar-refractivity contribution is 5.76. The smallest absolute Gasteiger partial charge is 0.131 e. The summed E-state index contributed by atoms with van der Waals surface area (Å²) >= 11 is 0. The Labute approximate surface area is 90.2 Å². The fourth-order valence-electron chi connectivity index (χ4n) is 1.41. The highest BCUT2D eigenvalue weighted by Crippen LogP contribution is 2.18. The van der Waals surface area contributed by atoms with Gasteiger partial charge in [0.15, 0.2) is 0 Å². The van der Waals surface area contributed by atoms with Crippen LogP contribution in [0.1, 0.15) is 31.9 Å². The first-order valence-electron chi connectivity index (χ1n) is 5.11. The van der Waals surface area contributed by atoms with Gasteiger partial charge in [-0.15, -0.1) is 0 Å². The van der Waals surface area contributed by atoms with Gasteiger partial charge in [-0.05, 0) is 31.5 Å². The molecule has 0 amide bonds. The van der Waals surface area contributed by atoms with Gasteiger partial charge in [-0.2, -0.15) is 0 Å². The quantitative estimate of drug-likeness (QED) is 0.804. The lowest BCUT2D eigenvalue weighted by Crippen LogP contribution is -2.13. The number of ketones is 1. The van der Waals surface area contributed by atoms with Crippen LogP contribution in [-0.4, -0.2) is 12.4 Å². The van der Waals surface area contributed by atoms with Crippen molar-refractivity contribution >= 4 is 5.78 Å². The van der Waals surface area contributed by atoms with Crippen molar-refractivity contribution in [1.29, 1.82) is 0 Å². The highest BCUT2D eigenvalue weighted by Gasteiger charge is 2.08. The second-order valence-electron chi connectivity index (χ2n) is 3.51.